The van der Waals surface area contributed by atoms with Crippen LogP contribution in [0.15, 0.2) is 0 Å². The van der Waals surface area contributed by atoms with E-state index in [9.17, 15) is 14.7 Å². The third kappa shape index (κ3) is 2.52. The third-order valence-electron chi connectivity index (χ3n) is 2.65. The van der Waals surface area contributed by atoms with Gasteiger partial charge in [-0.05, 0) is 0 Å². The maximum absolute atomic E-state index is 12.1. The SMILES string of the molecule is COC(=O)C1CC(O)CN1C(=O)C(C)(C)C. The monoisotopic (exact) mass is 229 g/mol. The highest BCUT2D eigenvalue weighted by molar-refractivity contribution is 5.88. The Hall–Kier alpha value is -1.10. The number of aliphatic hydroxyl groups is 1. The summed E-state index contributed by atoms with van der Waals surface area (Å²) in [5.41, 5.74) is -0.559. The Morgan fingerprint density at radius 2 is 1.94 bits per heavy atom. The van der Waals surface area contributed by atoms with E-state index in [1.54, 1.807) is 20.8 Å². The van der Waals surface area contributed by atoms with Crippen molar-refractivity contribution in [1.82, 2.24) is 4.90 Å². The minimum absolute atomic E-state index is 0.139. The molecule has 0 bridgehead atoms. The van der Waals surface area contributed by atoms with Crippen LogP contribution >= 0.6 is 0 Å². The molecule has 1 saturated heterocycles. The molecule has 1 N–H and O–H groups in total. The van der Waals surface area contributed by atoms with Crippen molar-refractivity contribution in [3.63, 3.8) is 0 Å². The maximum Gasteiger partial charge on any atom is 0.328 e. The summed E-state index contributed by atoms with van der Waals surface area (Å²) in [6.45, 7) is 5.56. The van der Waals surface area contributed by atoms with Crippen molar-refractivity contribution in [2.45, 2.75) is 39.3 Å². The van der Waals surface area contributed by atoms with Gasteiger partial charge in [0.2, 0.25) is 5.91 Å². The van der Waals surface area contributed by atoms with Gasteiger partial charge in [-0.25, -0.2) is 4.79 Å². The van der Waals surface area contributed by atoms with Gasteiger partial charge in [-0.15, -0.1) is 0 Å². The molecule has 2 unspecified atom stereocenters. The number of methoxy groups -OCH3 is 1. The number of carbonyl (C=O) groups excluding carboxylic acids is 2. The smallest absolute Gasteiger partial charge is 0.328 e. The highest BCUT2D eigenvalue weighted by Crippen LogP contribution is 2.26. The molecule has 0 aromatic carbocycles. The first-order valence-electron chi connectivity index (χ1n) is 5.34. The number of nitrogens with zero attached hydrogens (tertiary/aromatic N) is 1. The lowest BCUT2D eigenvalue weighted by Crippen LogP contribution is -2.46. The number of aliphatic hydroxyl groups excluding tert-OH is 1. The first kappa shape index (κ1) is 13.0. The van der Waals surface area contributed by atoms with Gasteiger partial charge in [0.15, 0.2) is 0 Å². The number of carbonyl (C=O) groups is 2. The Labute approximate surface area is 95.4 Å². The van der Waals surface area contributed by atoms with E-state index in [0.717, 1.165) is 0 Å². The summed E-state index contributed by atoms with van der Waals surface area (Å²) in [6, 6.07) is -0.647. The highest BCUT2D eigenvalue weighted by Gasteiger charge is 2.42. The van der Waals surface area contributed by atoms with E-state index >= 15 is 0 Å². The standard InChI is InChI=1S/C11H19NO4/c1-11(2,3)10(15)12-6-7(13)5-8(12)9(14)16-4/h7-8,13H,5-6H2,1-4H3. The molecule has 1 aliphatic rings. The van der Waals surface area contributed by atoms with Crippen molar-refractivity contribution >= 4 is 11.9 Å². The van der Waals surface area contributed by atoms with Crippen LogP contribution in [-0.2, 0) is 14.3 Å². The molecule has 1 amide bonds. The zero-order chi connectivity index (χ0) is 12.5. The molecule has 0 spiro atoms. The van der Waals surface area contributed by atoms with Crippen LogP contribution in [0.1, 0.15) is 27.2 Å². The first-order chi connectivity index (χ1) is 7.27. The number of likely N-dealkylation sites (tertiary alicyclic amines) is 1. The molecule has 0 aromatic heterocycles. The van der Waals surface area contributed by atoms with Crippen LogP contribution in [0.5, 0.6) is 0 Å². The minimum Gasteiger partial charge on any atom is -0.467 e. The molecule has 5 heteroatoms. The number of β-amino-alcohol motifs (C(OH)–C–C–N with tert-alkyl or cyclic N) is 1. The summed E-state index contributed by atoms with van der Waals surface area (Å²) in [4.78, 5) is 24.9. The minimum atomic E-state index is -0.647. The summed E-state index contributed by atoms with van der Waals surface area (Å²) in [7, 11) is 1.28. The van der Waals surface area contributed by atoms with Gasteiger partial charge in [0.1, 0.15) is 6.04 Å². The summed E-state index contributed by atoms with van der Waals surface area (Å²) < 4.78 is 4.63. The molecule has 0 saturated carbocycles. The summed E-state index contributed by atoms with van der Waals surface area (Å²) in [6.07, 6.45) is -0.385. The average molecular weight is 229 g/mol. The fourth-order valence-corrected chi connectivity index (χ4v) is 1.83. The molecule has 5 nitrogen and oxygen atoms in total. The van der Waals surface area contributed by atoms with Crippen molar-refractivity contribution in [1.29, 1.82) is 0 Å². The molecule has 0 aromatic rings. The second-order valence-corrected chi connectivity index (χ2v) is 5.14. The van der Waals surface area contributed by atoms with Crippen molar-refractivity contribution in [2.75, 3.05) is 13.7 Å². The molecule has 2 atom stereocenters. The van der Waals surface area contributed by atoms with Crippen LogP contribution in [0, 0.1) is 5.41 Å². The van der Waals surface area contributed by atoms with Gasteiger partial charge in [0, 0.05) is 18.4 Å². The van der Waals surface area contributed by atoms with Crippen LogP contribution in [0.3, 0.4) is 0 Å². The second-order valence-electron chi connectivity index (χ2n) is 5.14. The second kappa shape index (κ2) is 4.41. The van der Waals surface area contributed by atoms with Crippen LogP contribution in [0.25, 0.3) is 0 Å². The summed E-state index contributed by atoms with van der Waals surface area (Å²) in [5.74, 6) is -0.603. The first-order valence-corrected chi connectivity index (χ1v) is 5.34. The zero-order valence-electron chi connectivity index (χ0n) is 10.2. The van der Waals surface area contributed by atoms with Crippen LogP contribution in [0.4, 0.5) is 0 Å². The van der Waals surface area contributed by atoms with Gasteiger partial charge in [-0.2, -0.15) is 0 Å². The predicted octanol–water partition coefficient (Wildman–Crippen LogP) is 0.167. The normalized spacial score (nSPS) is 25.7. The van der Waals surface area contributed by atoms with E-state index in [1.807, 2.05) is 0 Å². The number of ether oxygens (including phenoxy) is 1. The molecule has 1 rings (SSSR count). The van der Waals surface area contributed by atoms with E-state index in [2.05, 4.69) is 4.74 Å². The molecule has 1 fully saturated rings. The van der Waals surface area contributed by atoms with Crippen molar-refractivity contribution in [2.24, 2.45) is 5.41 Å². The largest absolute Gasteiger partial charge is 0.467 e. The summed E-state index contributed by atoms with van der Waals surface area (Å²) >= 11 is 0. The van der Waals surface area contributed by atoms with E-state index in [4.69, 9.17) is 0 Å². The molecule has 1 heterocycles. The Morgan fingerprint density at radius 3 is 2.38 bits per heavy atom. The van der Waals surface area contributed by atoms with Gasteiger partial charge in [-0.1, -0.05) is 20.8 Å². The van der Waals surface area contributed by atoms with Crippen LogP contribution in [0.2, 0.25) is 0 Å². The lowest BCUT2D eigenvalue weighted by molar-refractivity contribution is -0.153. The summed E-state index contributed by atoms with van der Waals surface area (Å²) in [5, 5.41) is 9.53. The Balaban J connectivity index is 2.85. The predicted molar refractivity (Wildman–Crippen MR) is 57.6 cm³/mol. The van der Waals surface area contributed by atoms with Gasteiger partial charge in [0.05, 0.1) is 13.2 Å². The number of rotatable bonds is 1. The van der Waals surface area contributed by atoms with E-state index in [1.165, 1.54) is 12.0 Å². The number of amides is 1. The topological polar surface area (TPSA) is 66.8 Å². The van der Waals surface area contributed by atoms with Gasteiger partial charge < -0.3 is 14.7 Å². The van der Waals surface area contributed by atoms with Crippen molar-refractivity contribution < 1.29 is 19.4 Å². The Morgan fingerprint density at radius 1 is 1.38 bits per heavy atom. The van der Waals surface area contributed by atoms with Gasteiger partial charge in [0.25, 0.3) is 0 Å². The number of hydrogen-bond acceptors (Lipinski definition) is 4. The quantitative estimate of drug-likeness (QED) is 0.651. The van der Waals surface area contributed by atoms with Crippen LogP contribution in [-0.4, -0.2) is 47.7 Å². The molecular weight excluding hydrogens is 210 g/mol. The molecular formula is C11H19NO4. The van der Waals surface area contributed by atoms with Crippen molar-refractivity contribution in [3.05, 3.63) is 0 Å². The lowest BCUT2D eigenvalue weighted by atomic mass is 9.94. The van der Waals surface area contributed by atoms with Crippen molar-refractivity contribution in [3.8, 4) is 0 Å². The zero-order valence-corrected chi connectivity index (χ0v) is 10.2. The number of hydrogen-bond donors (Lipinski definition) is 1. The van der Waals surface area contributed by atoms with Crippen LogP contribution < -0.4 is 0 Å². The van der Waals surface area contributed by atoms with Gasteiger partial charge >= 0.3 is 5.97 Å². The molecule has 1 aliphatic heterocycles. The molecule has 92 valence electrons. The molecule has 0 aliphatic carbocycles. The fourth-order valence-electron chi connectivity index (χ4n) is 1.83. The Kier molecular flexibility index (Phi) is 3.57. The number of esters is 1. The average Bonchev–Trinajstić information content (AvgIpc) is 2.56. The molecule has 0 radical (unpaired) electrons. The fraction of sp³-hybridized carbons (Fsp3) is 0.818. The lowest BCUT2D eigenvalue weighted by Gasteiger charge is -2.29. The third-order valence-corrected chi connectivity index (χ3v) is 2.65. The highest BCUT2D eigenvalue weighted by atomic mass is 16.5. The van der Waals surface area contributed by atoms with Gasteiger partial charge in [-0.3, -0.25) is 4.79 Å². The van der Waals surface area contributed by atoms with E-state index < -0.39 is 23.5 Å². The maximum atomic E-state index is 12.1. The van der Waals surface area contributed by atoms with E-state index in [-0.39, 0.29) is 18.9 Å². The Bertz CT molecular complexity index is 295. The molecule has 16 heavy (non-hydrogen) atoms. The van der Waals surface area contributed by atoms with E-state index in [0.29, 0.717) is 0 Å².